The summed E-state index contributed by atoms with van der Waals surface area (Å²) in [7, 11) is 0. The second-order valence-corrected chi connectivity index (χ2v) is 11.6. The van der Waals surface area contributed by atoms with E-state index in [1.54, 1.807) is 0 Å². The SMILES string of the molecule is C/C(=N\C1(NC(c2ccc(C(=O)NCCC=O)cc2)C2CC2)CC(C)CC(C)C1)C1=CCC(C)C=C1. The van der Waals surface area contributed by atoms with Crippen LogP contribution < -0.4 is 10.6 Å². The maximum absolute atomic E-state index is 12.4. The van der Waals surface area contributed by atoms with Gasteiger partial charge in [-0.3, -0.25) is 15.1 Å². The summed E-state index contributed by atoms with van der Waals surface area (Å²) in [6.07, 6.45) is 14.9. The molecule has 194 valence electrons. The number of amides is 1. The average Bonchev–Trinajstić information content (AvgIpc) is 3.68. The summed E-state index contributed by atoms with van der Waals surface area (Å²) in [5, 5.41) is 6.91. The molecule has 3 aliphatic carbocycles. The molecule has 5 heteroatoms. The van der Waals surface area contributed by atoms with Crippen molar-refractivity contribution in [3.05, 3.63) is 59.2 Å². The molecule has 0 aromatic heterocycles. The first-order chi connectivity index (χ1) is 17.3. The van der Waals surface area contributed by atoms with E-state index in [-0.39, 0.29) is 17.6 Å². The third-order valence-corrected chi connectivity index (χ3v) is 7.89. The fourth-order valence-corrected chi connectivity index (χ4v) is 6.09. The summed E-state index contributed by atoms with van der Waals surface area (Å²) in [5.74, 6) is 2.30. The van der Waals surface area contributed by atoms with Gasteiger partial charge in [-0.05, 0) is 92.4 Å². The summed E-state index contributed by atoms with van der Waals surface area (Å²) in [4.78, 5) is 28.4. The average molecular weight is 490 g/mol. The lowest BCUT2D eigenvalue weighted by Gasteiger charge is -2.44. The van der Waals surface area contributed by atoms with Crippen LogP contribution in [0.1, 0.15) is 94.6 Å². The molecule has 36 heavy (non-hydrogen) atoms. The van der Waals surface area contributed by atoms with E-state index in [0.717, 1.165) is 31.3 Å². The molecule has 0 aliphatic heterocycles. The lowest BCUT2D eigenvalue weighted by molar-refractivity contribution is -0.107. The third-order valence-electron chi connectivity index (χ3n) is 7.89. The normalized spacial score (nSPS) is 29.4. The molecule has 1 amide bonds. The minimum absolute atomic E-state index is 0.130. The molecule has 4 unspecified atom stereocenters. The Morgan fingerprint density at radius 2 is 1.83 bits per heavy atom. The minimum Gasteiger partial charge on any atom is -0.352 e. The van der Waals surface area contributed by atoms with Crippen LogP contribution in [-0.4, -0.2) is 30.1 Å². The molecule has 0 radical (unpaired) electrons. The Kier molecular flexibility index (Phi) is 8.61. The molecular formula is C31H43N3O2. The number of hydrogen-bond donors (Lipinski definition) is 2. The van der Waals surface area contributed by atoms with E-state index in [1.807, 2.05) is 12.1 Å². The van der Waals surface area contributed by atoms with E-state index in [2.05, 4.69) is 68.7 Å². The van der Waals surface area contributed by atoms with Crippen molar-refractivity contribution in [1.82, 2.24) is 10.6 Å². The fourth-order valence-electron chi connectivity index (χ4n) is 6.09. The van der Waals surface area contributed by atoms with Crippen LogP contribution in [0.25, 0.3) is 0 Å². The van der Waals surface area contributed by atoms with Crippen molar-refractivity contribution < 1.29 is 9.59 Å². The number of benzene rings is 1. The van der Waals surface area contributed by atoms with Gasteiger partial charge in [-0.25, -0.2) is 0 Å². The molecule has 5 nitrogen and oxygen atoms in total. The molecule has 0 saturated heterocycles. The molecule has 4 atom stereocenters. The van der Waals surface area contributed by atoms with Crippen LogP contribution in [0, 0.1) is 23.7 Å². The Labute approximate surface area is 216 Å². The highest BCUT2D eigenvalue weighted by atomic mass is 16.1. The van der Waals surface area contributed by atoms with Gasteiger partial charge in [0.2, 0.25) is 0 Å². The van der Waals surface area contributed by atoms with E-state index in [9.17, 15) is 9.59 Å². The van der Waals surface area contributed by atoms with Crippen molar-refractivity contribution in [2.45, 2.75) is 84.3 Å². The van der Waals surface area contributed by atoms with E-state index in [1.165, 1.54) is 30.4 Å². The van der Waals surface area contributed by atoms with Gasteiger partial charge in [-0.1, -0.05) is 51.1 Å². The zero-order valence-electron chi connectivity index (χ0n) is 22.4. The minimum atomic E-state index is -0.281. The number of aliphatic imine (C=N–C) groups is 1. The number of allylic oxidation sites excluding steroid dienone is 4. The van der Waals surface area contributed by atoms with Gasteiger partial charge in [-0.2, -0.15) is 0 Å². The van der Waals surface area contributed by atoms with Gasteiger partial charge >= 0.3 is 0 Å². The molecule has 0 heterocycles. The summed E-state index contributed by atoms with van der Waals surface area (Å²) in [6.45, 7) is 9.52. The molecule has 2 saturated carbocycles. The fraction of sp³-hybridized carbons (Fsp3) is 0.581. The molecule has 0 spiro atoms. The topological polar surface area (TPSA) is 70.6 Å². The Morgan fingerprint density at radius 1 is 1.14 bits per heavy atom. The van der Waals surface area contributed by atoms with Crippen molar-refractivity contribution in [2.75, 3.05) is 6.54 Å². The number of carbonyl (C=O) groups excluding carboxylic acids is 2. The van der Waals surface area contributed by atoms with Crippen LogP contribution in [0.4, 0.5) is 0 Å². The van der Waals surface area contributed by atoms with E-state index >= 15 is 0 Å². The monoisotopic (exact) mass is 489 g/mol. The number of aldehydes is 1. The van der Waals surface area contributed by atoms with Crippen molar-refractivity contribution >= 4 is 17.9 Å². The number of hydrogen-bond acceptors (Lipinski definition) is 4. The largest absolute Gasteiger partial charge is 0.352 e. The number of rotatable bonds is 10. The van der Waals surface area contributed by atoms with Gasteiger partial charge in [0, 0.05) is 30.3 Å². The highest BCUT2D eigenvalue weighted by Crippen LogP contribution is 2.45. The predicted octanol–water partition coefficient (Wildman–Crippen LogP) is 6.18. The summed E-state index contributed by atoms with van der Waals surface area (Å²) in [6, 6.07) is 8.24. The van der Waals surface area contributed by atoms with Crippen LogP contribution in [0.3, 0.4) is 0 Å². The molecule has 1 aromatic carbocycles. The molecule has 3 aliphatic rings. The van der Waals surface area contributed by atoms with Crippen LogP contribution in [0.15, 0.2) is 53.1 Å². The maximum atomic E-state index is 12.4. The zero-order valence-corrected chi connectivity index (χ0v) is 22.4. The second kappa shape index (κ2) is 11.7. The molecule has 4 rings (SSSR count). The van der Waals surface area contributed by atoms with Crippen LogP contribution in [0.5, 0.6) is 0 Å². The lowest BCUT2D eigenvalue weighted by atomic mass is 9.75. The zero-order chi connectivity index (χ0) is 25.7. The molecule has 1 aromatic rings. The maximum Gasteiger partial charge on any atom is 0.251 e. The van der Waals surface area contributed by atoms with E-state index in [4.69, 9.17) is 4.99 Å². The molecular weight excluding hydrogens is 446 g/mol. The third kappa shape index (κ3) is 6.82. The second-order valence-electron chi connectivity index (χ2n) is 11.6. The lowest BCUT2D eigenvalue weighted by Crippen LogP contribution is -2.51. The van der Waals surface area contributed by atoms with Gasteiger partial charge in [0.1, 0.15) is 11.9 Å². The van der Waals surface area contributed by atoms with Gasteiger partial charge in [0.15, 0.2) is 0 Å². The molecule has 2 fully saturated rings. The van der Waals surface area contributed by atoms with E-state index in [0.29, 0.717) is 42.2 Å². The smallest absolute Gasteiger partial charge is 0.251 e. The quantitative estimate of drug-likeness (QED) is 0.234. The first kappa shape index (κ1) is 26.5. The van der Waals surface area contributed by atoms with Gasteiger partial charge in [0.25, 0.3) is 5.91 Å². The molecule has 2 N–H and O–H groups in total. The number of nitrogens with one attached hydrogen (secondary N) is 2. The van der Waals surface area contributed by atoms with Crippen molar-refractivity contribution in [3.8, 4) is 0 Å². The van der Waals surface area contributed by atoms with Gasteiger partial charge in [-0.15, -0.1) is 0 Å². The Bertz CT molecular complexity index is 1010. The summed E-state index contributed by atoms with van der Waals surface area (Å²) < 4.78 is 0. The summed E-state index contributed by atoms with van der Waals surface area (Å²) >= 11 is 0. The van der Waals surface area contributed by atoms with Crippen LogP contribution >= 0.6 is 0 Å². The predicted molar refractivity (Wildman–Crippen MR) is 147 cm³/mol. The van der Waals surface area contributed by atoms with E-state index < -0.39 is 0 Å². The van der Waals surface area contributed by atoms with Gasteiger partial charge < -0.3 is 10.1 Å². The van der Waals surface area contributed by atoms with Crippen LogP contribution in [0.2, 0.25) is 0 Å². The van der Waals surface area contributed by atoms with Crippen molar-refractivity contribution in [3.63, 3.8) is 0 Å². The highest BCUT2D eigenvalue weighted by Gasteiger charge is 2.43. The molecule has 0 bridgehead atoms. The number of nitrogens with zero attached hydrogens (tertiary/aromatic N) is 1. The van der Waals surface area contributed by atoms with Crippen molar-refractivity contribution in [2.24, 2.45) is 28.7 Å². The highest BCUT2D eigenvalue weighted by molar-refractivity contribution is 6.01. The number of carbonyl (C=O) groups is 2. The van der Waals surface area contributed by atoms with Crippen molar-refractivity contribution in [1.29, 1.82) is 0 Å². The Hall–Kier alpha value is -2.53. The first-order valence-electron chi connectivity index (χ1n) is 13.8. The van der Waals surface area contributed by atoms with Gasteiger partial charge in [0.05, 0.1) is 0 Å². The van der Waals surface area contributed by atoms with Crippen LogP contribution in [-0.2, 0) is 4.79 Å². The standard InChI is InChI=1S/C31H43N3O2/c1-21-6-8-25(9-7-21)24(4)33-31(19-22(2)18-23(3)20-31)34-29(26-10-11-26)27-12-14-28(15-13-27)30(36)32-16-5-17-35/h6,8-9,12-15,17,21-23,26,29,34H,5,7,10-11,16,18-20H2,1-4H3,(H,32,36)/b33-24+. The Balaban J connectivity index is 1.58. The first-order valence-corrected chi connectivity index (χ1v) is 13.8. The Morgan fingerprint density at radius 3 is 2.42 bits per heavy atom. The summed E-state index contributed by atoms with van der Waals surface area (Å²) in [5.41, 5.74) is 3.97.